The highest BCUT2D eigenvalue weighted by Gasteiger charge is 2.38. The topological polar surface area (TPSA) is 80.9 Å². The van der Waals surface area contributed by atoms with E-state index in [1.54, 1.807) is 24.3 Å². The molecule has 0 radical (unpaired) electrons. The second-order valence-electron chi connectivity index (χ2n) is 6.99. The highest BCUT2D eigenvalue weighted by atomic mass is 16.3. The number of aryl methyl sites for hydroxylation is 2. The quantitative estimate of drug-likeness (QED) is 0.295. The van der Waals surface area contributed by atoms with Gasteiger partial charge in [0.15, 0.2) is 0 Å². The van der Waals surface area contributed by atoms with E-state index in [9.17, 15) is 20.4 Å². The predicted molar refractivity (Wildman–Crippen MR) is 102 cm³/mol. The van der Waals surface area contributed by atoms with Crippen molar-refractivity contribution in [3.8, 4) is 45.3 Å². The predicted octanol–water partition coefficient (Wildman–Crippen LogP) is 5.08. The number of rotatable bonds is 0. The maximum absolute atomic E-state index is 10.8. The van der Waals surface area contributed by atoms with E-state index in [1.165, 1.54) is 0 Å². The van der Waals surface area contributed by atoms with E-state index in [4.69, 9.17) is 0 Å². The largest absolute Gasteiger partial charge is 0.507 e. The molecular weight excluding hydrogens is 328 g/mol. The van der Waals surface area contributed by atoms with Crippen LogP contribution in [0.25, 0.3) is 43.8 Å². The third-order valence-corrected chi connectivity index (χ3v) is 5.32. The first-order valence-electron chi connectivity index (χ1n) is 8.37. The molecule has 128 valence electrons. The summed E-state index contributed by atoms with van der Waals surface area (Å²) in [6, 6.07) is 10.8. The van der Waals surface area contributed by atoms with Crippen molar-refractivity contribution in [2.75, 3.05) is 0 Å². The number of phenols is 4. The van der Waals surface area contributed by atoms with Crippen LogP contribution in [0.3, 0.4) is 0 Å². The van der Waals surface area contributed by atoms with Crippen LogP contribution in [0.15, 0.2) is 36.4 Å². The molecule has 4 nitrogen and oxygen atoms in total. The summed E-state index contributed by atoms with van der Waals surface area (Å²) in [5.41, 5.74) is 3.42. The molecule has 26 heavy (non-hydrogen) atoms. The standard InChI is InChI=1S/C22H16O4/c1-9-3-5-11-13(7-9)21(25)17-15(19(11)23)18-16(17)20(24)12-6-4-10(2)8-14(12)22(18)26/h3-8,23-26H,1-2H3. The second-order valence-corrected chi connectivity index (χ2v) is 6.99. The van der Waals surface area contributed by atoms with Crippen LogP contribution >= 0.6 is 0 Å². The maximum Gasteiger partial charge on any atom is 0.132 e. The molecule has 0 fully saturated rings. The Bertz CT molecular complexity index is 1170. The monoisotopic (exact) mass is 344 g/mol. The van der Waals surface area contributed by atoms with Gasteiger partial charge < -0.3 is 20.4 Å². The zero-order valence-electron chi connectivity index (χ0n) is 14.3. The molecule has 4 aromatic rings. The van der Waals surface area contributed by atoms with Gasteiger partial charge in [0.1, 0.15) is 23.0 Å². The Kier molecular flexibility index (Phi) is 2.64. The third kappa shape index (κ3) is 1.59. The fourth-order valence-corrected chi connectivity index (χ4v) is 4.04. The zero-order valence-corrected chi connectivity index (χ0v) is 14.3. The van der Waals surface area contributed by atoms with Crippen molar-refractivity contribution < 1.29 is 20.4 Å². The summed E-state index contributed by atoms with van der Waals surface area (Å²) in [6.07, 6.45) is 0. The van der Waals surface area contributed by atoms with Gasteiger partial charge in [0.05, 0.1) is 0 Å². The van der Waals surface area contributed by atoms with Gasteiger partial charge in [-0.2, -0.15) is 0 Å². The van der Waals surface area contributed by atoms with Gasteiger partial charge in [0.25, 0.3) is 0 Å². The highest BCUT2D eigenvalue weighted by molar-refractivity contribution is 6.23. The van der Waals surface area contributed by atoms with Crippen LogP contribution in [-0.4, -0.2) is 20.4 Å². The molecular formula is C22H16O4. The van der Waals surface area contributed by atoms with Crippen molar-refractivity contribution in [1.82, 2.24) is 0 Å². The van der Waals surface area contributed by atoms with E-state index >= 15 is 0 Å². The first kappa shape index (κ1) is 14.9. The van der Waals surface area contributed by atoms with Crippen LogP contribution in [0.2, 0.25) is 0 Å². The van der Waals surface area contributed by atoms with E-state index in [1.807, 2.05) is 26.0 Å². The Balaban J connectivity index is 1.97. The van der Waals surface area contributed by atoms with E-state index in [-0.39, 0.29) is 23.0 Å². The molecule has 0 aromatic heterocycles. The van der Waals surface area contributed by atoms with Gasteiger partial charge in [0.2, 0.25) is 0 Å². The minimum Gasteiger partial charge on any atom is -0.507 e. The van der Waals surface area contributed by atoms with E-state index in [0.29, 0.717) is 43.8 Å². The summed E-state index contributed by atoms with van der Waals surface area (Å²) in [5.74, 6) is 0.0133. The Morgan fingerprint density at radius 1 is 0.462 bits per heavy atom. The zero-order chi connectivity index (χ0) is 18.3. The molecule has 0 aliphatic heterocycles. The van der Waals surface area contributed by atoms with Crippen LogP contribution in [0.4, 0.5) is 0 Å². The third-order valence-electron chi connectivity index (χ3n) is 5.32. The van der Waals surface area contributed by atoms with Crippen molar-refractivity contribution in [1.29, 1.82) is 0 Å². The van der Waals surface area contributed by atoms with Crippen molar-refractivity contribution >= 4 is 21.5 Å². The van der Waals surface area contributed by atoms with Gasteiger partial charge >= 0.3 is 0 Å². The lowest BCUT2D eigenvalue weighted by molar-refractivity contribution is 0.460. The summed E-state index contributed by atoms with van der Waals surface area (Å²) in [5, 5.41) is 45.3. The van der Waals surface area contributed by atoms with Gasteiger partial charge in [-0.05, 0) is 26.0 Å². The Hall–Kier alpha value is -3.40. The lowest BCUT2D eigenvalue weighted by atomic mass is 9.75. The smallest absolute Gasteiger partial charge is 0.132 e. The molecule has 4 aromatic carbocycles. The first-order chi connectivity index (χ1) is 12.4. The van der Waals surface area contributed by atoms with E-state index in [2.05, 4.69) is 0 Å². The minimum absolute atomic E-state index is 0.00185. The highest BCUT2D eigenvalue weighted by Crippen LogP contribution is 2.65. The maximum atomic E-state index is 10.8. The van der Waals surface area contributed by atoms with E-state index in [0.717, 1.165) is 11.1 Å². The minimum atomic E-state index is 0.00185. The summed E-state index contributed by atoms with van der Waals surface area (Å²) < 4.78 is 0. The lowest BCUT2D eigenvalue weighted by Gasteiger charge is -2.30. The Labute approximate surface area is 149 Å². The summed E-state index contributed by atoms with van der Waals surface area (Å²) in [7, 11) is 0. The summed E-state index contributed by atoms with van der Waals surface area (Å²) in [4.78, 5) is 0. The normalized spacial score (nSPS) is 12.1. The van der Waals surface area contributed by atoms with Crippen molar-refractivity contribution in [2.45, 2.75) is 13.8 Å². The van der Waals surface area contributed by atoms with Crippen molar-refractivity contribution in [3.63, 3.8) is 0 Å². The van der Waals surface area contributed by atoms with Crippen LogP contribution < -0.4 is 0 Å². The average Bonchev–Trinajstić information content (AvgIpc) is 2.58. The van der Waals surface area contributed by atoms with E-state index < -0.39 is 0 Å². The molecule has 0 atom stereocenters. The Morgan fingerprint density at radius 3 is 1.12 bits per heavy atom. The molecule has 0 amide bonds. The lowest BCUT2D eigenvalue weighted by Crippen LogP contribution is -2.03. The SMILES string of the molecule is Cc1ccc2c(O)c3c(c(O)c2c1)-c1c-3c(O)c2cc(C)ccc2c1O. The average molecular weight is 344 g/mol. The van der Waals surface area contributed by atoms with Gasteiger partial charge in [-0.3, -0.25) is 0 Å². The van der Waals surface area contributed by atoms with Gasteiger partial charge in [-0.1, -0.05) is 35.4 Å². The molecule has 0 unspecified atom stereocenters. The number of fused-ring (bicyclic) bond motifs is 6. The number of benzene rings is 4. The fourth-order valence-electron chi connectivity index (χ4n) is 4.04. The number of phenolic OH excluding ortho intramolecular Hbond substituents is 4. The molecule has 4 heteroatoms. The molecule has 0 spiro atoms. The molecule has 1 aliphatic carbocycles. The van der Waals surface area contributed by atoms with Gasteiger partial charge in [0, 0.05) is 43.8 Å². The number of aromatic hydroxyl groups is 4. The van der Waals surface area contributed by atoms with Gasteiger partial charge in [-0.15, -0.1) is 0 Å². The number of hydrogen-bond acceptors (Lipinski definition) is 4. The summed E-state index contributed by atoms with van der Waals surface area (Å²) in [6.45, 7) is 3.81. The second kappa shape index (κ2) is 4.61. The molecule has 0 saturated heterocycles. The van der Waals surface area contributed by atoms with Crippen LogP contribution in [0.1, 0.15) is 11.1 Å². The molecule has 4 N–H and O–H groups in total. The van der Waals surface area contributed by atoms with Crippen LogP contribution in [-0.2, 0) is 0 Å². The van der Waals surface area contributed by atoms with Crippen molar-refractivity contribution in [2.24, 2.45) is 0 Å². The molecule has 0 saturated carbocycles. The fraction of sp³-hybridized carbons (Fsp3) is 0.0909. The molecule has 0 bridgehead atoms. The van der Waals surface area contributed by atoms with Gasteiger partial charge in [-0.25, -0.2) is 0 Å². The molecule has 1 aliphatic rings. The summed E-state index contributed by atoms with van der Waals surface area (Å²) >= 11 is 0. The Morgan fingerprint density at radius 2 is 0.769 bits per heavy atom. The van der Waals surface area contributed by atoms with Crippen LogP contribution in [0, 0.1) is 13.8 Å². The van der Waals surface area contributed by atoms with Crippen molar-refractivity contribution in [3.05, 3.63) is 47.5 Å². The molecule has 5 rings (SSSR count). The van der Waals surface area contributed by atoms with Crippen LogP contribution in [0.5, 0.6) is 23.0 Å². The number of hydrogen-bond donors (Lipinski definition) is 4. The molecule has 0 heterocycles. The first-order valence-corrected chi connectivity index (χ1v) is 8.37.